The second-order valence-electron chi connectivity index (χ2n) is 5.13. The van der Waals surface area contributed by atoms with Gasteiger partial charge in [0.2, 0.25) is 0 Å². The Morgan fingerprint density at radius 3 is 3.21 bits per heavy atom. The molecule has 3 heterocycles. The van der Waals surface area contributed by atoms with E-state index in [1.54, 1.807) is 10.8 Å². The average molecular weight is 260 g/mol. The van der Waals surface area contributed by atoms with Crippen LogP contribution < -0.4 is 5.32 Å². The van der Waals surface area contributed by atoms with Crippen LogP contribution in [0.25, 0.3) is 5.78 Å². The molecule has 1 fully saturated rings. The SMILES string of the molecule is CCN1CCCC(Nc2cc(C)nc3ncnn23)C1. The Morgan fingerprint density at radius 1 is 1.47 bits per heavy atom. The van der Waals surface area contributed by atoms with E-state index in [-0.39, 0.29) is 0 Å². The second kappa shape index (κ2) is 5.13. The van der Waals surface area contributed by atoms with Crippen LogP contribution in [0.1, 0.15) is 25.5 Å². The highest BCUT2D eigenvalue weighted by atomic mass is 15.4. The predicted molar refractivity (Wildman–Crippen MR) is 74.3 cm³/mol. The molecule has 6 heteroatoms. The van der Waals surface area contributed by atoms with Crippen LogP contribution in [0.2, 0.25) is 0 Å². The highest BCUT2D eigenvalue weighted by Gasteiger charge is 2.19. The zero-order valence-electron chi connectivity index (χ0n) is 11.5. The van der Waals surface area contributed by atoms with Gasteiger partial charge in [0.25, 0.3) is 5.78 Å². The maximum atomic E-state index is 4.36. The molecule has 6 nitrogen and oxygen atoms in total. The largest absolute Gasteiger partial charge is 0.366 e. The van der Waals surface area contributed by atoms with Crippen molar-refractivity contribution in [1.82, 2.24) is 24.5 Å². The van der Waals surface area contributed by atoms with Crippen molar-refractivity contribution in [2.75, 3.05) is 25.0 Å². The summed E-state index contributed by atoms with van der Waals surface area (Å²) in [6.45, 7) is 7.62. The van der Waals surface area contributed by atoms with Crippen molar-refractivity contribution >= 4 is 11.6 Å². The summed E-state index contributed by atoms with van der Waals surface area (Å²) >= 11 is 0. The number of nitrogens with one attached hydrogen (secondary N) is 1. The van der Waals surface area contributed by atoms with Gasteiger partial charge < -0.3 is 10.2 Å². The van der Waals surface area contributed by atoms with Gasteiger partial charge in [-0.15, -0.1) is 0 Å². The summed E-state index contributed by atoms with van der Waals surface area (Å²) in [6, 6.07) is 2.51. The molecule has 2 aromatic rings. The maximum absolute atomic E-state index is 4.36. The summed E-state index contributed by atoms with van der Waals surface area (Å²) < 4.78 is 1.78. The molecule has 1 aliphatic heterocycles. The minimum atomic E-state index is 0.475. The van der Waals surface area contributed by atoms with Crippen LogP contribution in [0, 0.1) is 6.92 Å². The molecule has 102 valence electrons. The van der Waals surface area contributed by atoms with Gasteiger partial charge in [-0.3, -0.25) is 0 Å². The van der Waals surface area contributed by atoms with E-state index in [1.807, 2.05) is 13.0 Å². The number of likely N-dealkylation sites (tertiary alicyclic amines) is 1. The molecule has 3 rings (SSSR count). The summed E-state index contributed by atoms with van der Waals surface area (Å²) in [5.74, 6) is 1.65. The number of likely N-dealkylation sites (N-methyl/N-ethyl adjacent to an activating group) is 1. The Hall–Kier alpha value is -1.69. The minimum absolute atomic E-state index is 0.475. The molecule has 0 aromatic carbocycles. The van der Waals surface area contributed by atoms with Gasteiger partial charge in [0.1, 0.15) is 12.1 Å². The van der Waals surface area contributed by atoms with Gasteiger partial charge in [-0.1, -0.05) is 6.92 Å². The third kappa shape index (κ3) is 2.53. The van der Waals surface area contributed by atoms with Crippen molar-refractivity contribution in [2.24, 2.45) is 0 Å². The summed E-state index contributed by atoms with van der Waals surface area (Å²) in [7, 11) is 0. The molecule has 0 amide bonds. The van der Waals surface area contributed by atoms with Crippen molar-refractivity contribution in [3.8, 4) is 0 Å². The third-order valence-corrected chi connectivity index (χ3v) is 3.68. The summed E-state index contributed by atoms with van der Waals surface area (Å²) in [5, 5.41) is 7.83. The van der Waals surface area contributed by atoms with Crippen LogP contribution >= 0.6 is 0 Å². The topological polar surface area (TPSA) is 58.3 Å². The molecule has 1 unspecified atom stereocenters. The number of fused-ring (bicyclic) bond motifs is 1. The molecule has 2 aromatic heterocycles. The second-order valence-corrected chi connectivity index (χ2v) is 5.13. The number of rotatable bonds is 3. The Labute approximate surface area is 112 Å². The Kier molecular flexibility index (Phi) is 3.33. The molecular weight excluding hydrogens is 240 g/mol. The van der Waals surface area contributed by atoms with E-state index in [9.17, 15) is 0 Å². The lowest BCUT2D eigenvalue weighted by Crippen LogP contribution is -2.42. The number of aryl methyl sites for hydroxylation is 1. The molecule has 0 radical (unpaired) electrons. The van der Waals surface area contributed by atoms with E-state index in [0.29, 0.717) is 11.8 Å². The third-order valence-electron chi connectivity index (χ3n) is 3.68. The van der Waals surface area contributed by atoms with Gasteiger partial charge in [-0.05, 0) is 32.9 Å². The molecule has 1 saturated heterocycles. The van der Waals surface area contributed by atoms with E-state index in [1.165, 1.54) is 19.4 Å². The van der Waals surface area contributed by atoms with Crippen LogP contribution in [-0.4, -0.2) is 50.2 Å². The number of hydrogen-bond donors (Lipinski definition) is 1. The lowest BCUT2D eigenvalue weighted by molar-refractivity contribution is 0.226. The highest BCUT2D eigenvalue weighted by molar-refractivity contribution is 5.45. The number of aromatic nitrogens is 4. The van der Waals surface area contributed by atoms with Crippen molar-refractivity contribution in [3.63, 3.8) is 0 Å². The molecule has 0 saturated carbocycles. The first-order chi connectivity index (χ1) is 9.26. The first kappa shape index (κ1) is 12.3. The van der Waals surface area contributed by atoms with Gasteiger partial charge in [-0.25, -0.2) is 4.98 Å². The Bertz CT molecular complexity index is 563. The van der Waals surface area contributed by atoms with Crippen LogP contribution in [0.4, 0.5) is 5.82 Å². The zero-order valence-corrected chi connectivity index (χ0v) is 11.5. The number of anilines is 1. The Balaban J connectivity index is 1.82. The standard InChI is InChI=1S/C13H20N6/c1-3-18-6-4-5-11(8-18)17-12-7-10(2)16-13-14-9-15-19(12)13/h7,9,11,17H,3-6,8H2,1-2H3. The fourth-order valence-electron chi connectivity index (χ4n) is 2.70. The fourth-order valence-corrected chi connectivity index (χ4v) is 2.70. The molecule has 19 heavy (non-hydrogen) atoms. The number of nitrogens with zero attached hydrogens (tertiary/aromatic N) is 5. The van der Waals surface area contributed by atoms with Crippen molar-refractivity contribution < 1.29 is 0 Å². The predicted octanol–water partition coefficient (Wildman–Crippen LogP) is 1.33. The van der Waals surface area contributed by atoms with Gasteiger partial charge in [0, 0.05) is 24.3 Å². The fraction of sp³-hybridized carbons (Fsp3) is 0.615. The Morgan fingerprint density at radius 2 is 2.37 bits per heavy atom. The molecule has 0 aliphatic carbocycles. The van der Waals surface area contributed by atoms with E-state index in [4.69, 9.17) is 0 Å². The smallest absolute Gasteiger partial charge is 0.254 e. The number of hydrogen-bond acceptors (Lipinski definition) is 5. The van der Waals surface area contributed by atoms with Gasteiger partial charge in [-0.2, -0.15) is 14.6 Å². The molecule has 1 aliphatic rings. The maximum Gasteiger partial charge on any atom is 0.254 e. The number of piperidine rings is 1. The van der Waals surface area contributed by atoms with Crippen molar-refractivity contribution in [3.05, 3.63) is 18.1 Å². The van der Waals surface area contributed by atoms with Gasteiger partial charge >= 0.3 is 0 Å². The van der Waals surface area contributed by atoms with E-state index in [0.717, 1.165) is 24.6 Å². The van der Waals surface area contributed by atoms with E-state index >= 15 is 0 Å². The lowest BCUT2D eigenvalue weighted by Gasteiger charge is -2.32. The van der Waals surface area contributed by atoms with Crippen LogP contribution in [0.3, 0.4) is 0 Å². The normalized spacial score (nSPS) is 20.8. The molecule has 1 N–H and O–H groups in total. The summed E-state index contributed by atoms with van der Waals surface area (Å²) in [5.41, 5.74) is 0.964. The summed E-state index contributed by atoms with van der Waals surface area (Å²) in [6.07, 6.45) is 4.00. The molecule has 0 bridgehead atoms. The summed E-state index contributed by atoms with van der Waals surface area (Å²) in [4.78, 5) is 11.0. The lowest BCUT2D eigenvalue weighted by atomic mass is 10.1. The van der Waals surface area contributed by atoms with Crippen molar-refractivity contribution in [2.45, 2.75) is 32.7 Å². The zero-order chi connectivity index (χ0) is 13.2. The quantitative estimate of drug-likeness (QED) is 0.902. The minimum Gasteiger partial charge on any atom is -0.366 e. The first-order valence-corrected chi connectivity index (χ1v) is 6.92. The van der Waals surface area contributed by atoms with E-state index in [2.05, 4.69) is 32.2 Å². The molecule has 1 atom stereocenters. The van der Waals surface area contributed by atoms with Crippen LogP contribution in [-0.2, 0) is 0 Å². The monoisotopic (exact) mass is 260 g/mol. The van der Waals surface area contributed by atoms with Crippen LogP contribution in [0.5, 0.6) is 0 Å². The first-order valence-electron chi connectivity index (χ1n) is 6.92. The highest BCUT2D eigenvalue weighted by Crippen LogP contribution is 2.16. The molecular formula is C13H20N6. The van der Waals surface area contributed by atoms with Crippen LogP contribution in [0.15, 0.2) is 12.4 Å². The van der Waals surface area contributed by atoms with Crippen molar-refractivity contribution in [1.29, 1.82) is 0 Å². The van der Waals surface area contributed by atoms with E-state index < -0.39 is 0 Å². The molecule has 0 spiro atoms. The average Bonchev–Trinajstić information content (AvgIpc) is 2.87. The van der Waals surface area contributed by atoms with Gasteiger partial charge in [0.15, 0.2) is 0 Å². The van der Waals surface area contributed by atoms with Gasteiger partial charge in [0.05, 0.1) is 0 Å².